The number of aromatic hydroxyl groups is 2. The van der Waals surface area contributed by atoms with Crippen molar-refractivity contribution in [3.8, 4) is 11.5 Å². The molecule has 0 amide bonds. The number of hydrogen-bond donors (Lipinski definition) is 2. The molecule has 0 aliphatic carbocycles. The molecule has 5 heteroatoms. The van der Waals surface area contributed by atoms with Gasteiger partial charge in [-0.05, 0) is 103 Å². The fraction of sp³-hybridized carbons (Fsp3) is 0.200. The summed E-state index contributed by atoms with van der Waals surface area (Å²) in [6, 6.07) is 9.71. The summed E-state index contributed by atoms with van der Waals surface area (Å²) in [5, 5.41) is 19.6. The Labute approximate surface area is 159 Å². The van der Waals surface area contributed by atoms with Crippen LogP contribution in [0.2, 0.25) is 0 Å². The lowest BCUT2D eigenvalue weighted by molar-refractivity contribution is 0.466. The third-order valence-electron chi connectivity index (χ3n) is 3.41. The number of hydrogen-bond acceptors (Lipinski definition) is 2. The van der Waals surface area contributed by atoms with Crippen LogP contribution in [0.1, 0.15) is 25.0 Å². The van der Waals surface area contributed by atoms with E-state index in [-0.39, 0.29) is 5.41 Å². The normalized spacial score (nSPS) is 11.7. The monoisotopic (exact) mass is 606 g/mol. The van der Waals surface area contributed by atoms with Gasteiger partial charge in [-0.25, -0.2) is 0 Å². The zero-order valence-electron chi connectivity index (χ0n) is 10.9. The van der Waals surface area contributed by atoms with Crippen LogP contribution in [0, 0.1) is 10.7 Å². The summed E-state index contributed by atoms with van der Waals surface area (Å²) < 4.78 is 2.55. The predicted molar refractivity (Wildman–Crippen MR) is 106 cm³/mol. The average Bonchev–Trinajstić information content (AvgIpc) is 2.38. The van der Waals surface area contributed by atoms with Gasteiger partial charge >= 0.3 is 0 Å². The summed E-state index contributed by atoms with van der Waals surface area (Å²) in [5.41, 5.74) is 2.09. The molecule has 0 heterocycles. The van der Waals surface area contributed by atoms with Crippen LogP contribution in [-0.4, -0.2) is 10.2 Å². The van der Waals surface area contributed by atoms with E-state index in [0.717, 1.165) is 21.8 Å². The molecule has 0 bridgehead atoms. The van der Waals surface area contributed by atoms with Crippen molar-refractivity contribution in [1.29, 1.82) is 0 Å². The van der Waals surface area contributed by atoms with Gasteiger partial charge in [0.25, 0.3) is 0 Å². The fourth-order valence-corrected chi connectivity index (χ4v) is 4.27. The first-order chi connectivity index (χ1) is 9.23. The second-order valence-electron chi connectivity index (χ2n) is 5.08. The Morgan fingerprint density at radius 2 is 1.30 bits per heavy atom. The second-order valence-corrected chi connectivity index (χ2v) is 8.57. The Morgan fingerprint density at radius 1 is 0.800 bits per heavy atom. The van der Waals surface area contributed by atoms with Crippen molar-refractivity contribution in [2.75, 3.05) is 0 Å². The standard InChI is InChI=1S/C15H13I3O2/c1-15(2,8-3-4-13(19)10(16)5-8)9-6-11(17)14(20)12(18)7-9/h3-7,19-20H,1-2H3. The molecule has 106 valence electrons. The quantitative estimate of drug-likeness (QED) is 0.460. The van der Waals surface area contributed by atoms with E-state index >= 15 is 0 Å². The lowest BCUT2D eigenvalue weighted by Gasteiger charge is -2.27. The van der Waals surface area contributed by atoms with E-state index in [4.69, 9.17) is 0 Å². The van der Waals surface area contributed by atoms with Gasteiger partial charge < -0.3 is 10.2 Å². The first-order valence-corrected chi connectivity index (χ1v) is 9.14. The maximum absolute atomic E-state index is 9.90. The highest BCUT2D eigenvalue weighted by atomic mass is 127. The molecular formula is C15H13I3O2. The van der Waals surface area contributed by atoms with Crippen molar-refractivity contribution < 1.29 is 10.2 Å². The molecule has 0 saturated heterocycles. The molecule has 0 fully saturated rings. The summed E-state index contributed by atoms with van der Waals surface area (Å²) in [7, 11) is 0. The molecule has 2 nitrogen and oxygen atoms in total. The molecule has 20 heavy (non-hydrogen) atoms. The zero-order valence-corrected chi connectivity index (χ0v) is 17.4. The Balaban J connectivity index is 2.56. The van der Waals surface area contributed by atoms with Crippen LogP contribution in [0.3, 0.4) is 0 Å². The van der Waals surface area contributed by atoms with E-state index in [1.165, 1.54) is 0 Å². The van der Waals surface area contributed by atoms with Gasteiger partial charge in [0.05, 0.1) is 10.7 Å². The number of phenols is 2. The minimum absolute atomic E-state index is 0.193. The molecular weight excluding hydrogens is 593 g/mol. The van der Waals surface area contributed by atoms with Gasteiger partial charge in [-0.2, -0.15) is 0 Å². The van der Waals surface area contributed by atoms with E-state index in [1.54, 1.807) is 6.07 Å². The van der Waals surface area contributed by atoms with Crippen LogP contribution in [0.5, 0.6) is 11.5 Å². The minimum atomic E-state index is -0.193. The average molecular weight is 606 g/mol. The maximum atomic E-state index is 9.90. The number of phenolic OH excluding ortho intramolecular Hbond substituents is 2. The largest absolute Gasteiger partial charge is 0.507 e. The molecule has 2 aromatic carbocycles. The zero-order chi connectivity index (χ0) is 15.1. The topological polar surface area (TPSA) is 40.5 Å². The molecule has 0 aliphatic rings. The van der Waals surface area contributed by atoms with Gasteiger partial charge in [0.1, 0.15) is 11.5 Å². The lowest BCUT2D eigenvalue weighted by Crippen LogP contribution is -2.19. The maximum Gasteiger partial charge on any atom is 0.142 e. The van der Waals surface area contributed by atoms with Crippen LogP contribution in [0.25, 0.3) is 0 Å². The van der Waals surface area contributed by atoms with Gasteiger partial charge in [-0.3, -0.25) is 0 Å². The molecule has 0 spiro atoms. The summed E-state index contributed by atoms with van der Waals surface area (Å²) in [6.45, 7) is 4.29. The first-order valence-electron chi connectivity index (χ1n) is 5.91. The van der Waals surface area contributed by atoms with Gasteiger partial charge in [0.15, 0.2) is 0 Å². The Kier molecular flexibility index (Phi) is 5.11. The van der Waals surface area contributed by atoms with E-state index < -0.39 is 0 Å². The second kappa shape index (κ2) is 6.15. The highest BCUT2D eigenvalue weighted by Crippen LogP contribution is 2.38. The van der Waals surface area contributed by atoms with Crippen molar-refractivity contribution in [1.82, 2.24) is 0 Å². The molecule has 2 N–H and O–H groups in total. The summed E-state index contributed by atoms with van der Waals surface area (Å²) in [4.78, 5) is 0. The molecule has 0 saturated carbocycles. The van der Waals surface area contributed by atoms with E-state index in [0.29, 0.717) is 11.5 Å². The molecule has 0 unspecified atom stereocenters. The highest BCUT2D eigenvalue weighted by Gasteiger charge is 2.25. The molecule has 2 aromatic rings. The third-order valence-corrected chi connectivity index (χ3v) is 5.92. The Bertz CT molecular complexity index is 643. The van der Waals surface area contributed by atoms with Gasteiger partial charge in [0.2, 0.25) is 0 Å². The van der Waals surface area contributed by atoms with Crippen molar-refractivity contribution in [3.05, 3.63) is 52.2 Å². The molecule has 0 radical (unpaired) electrons. The highest BCUT2D eigenvalue weighted by molar-refractivity contribution is 14.1. The Morgan fingerprint density at radius 3 is 1.80 bits per heavy atom. The van der Waals surface area contributed by atoms with Crippen molar-refractivity contribution in [2.45, 2.75) is 19.3 Å². The fourth-order valence-electron chi connectivity index (χ4n) is 1.99. The number of halogens is 3. The van der Waals surface area contributed by atoms with Gasteiger partial charge in [-0.15, -0.1) is 0 Å². The van der Waals surface area contributed by atoms with Crippen molar-refractivity contribution in [3.63, 3.8) is 0 Å². The predicted octanol–water partition coefficient (Wildman–Crippen LogP) is 5.24. The first kappa shape index (κ1) is 16.6. The number of benzene rings is 2. The van der Waals surface area contributed by atoms with Crippen molar-refractivity contribution in [2.24, 2.45) is 0 Å². The van der Waals surface area contributed by atoms with E-state index in [2.05, 4.69) is 81.6 Å². The minimum Gasteiger partial charge on any atom is -0.507 e. The molecule has 0 atom stereocenters. The van der Waals surface area contributed by atoms with Gasteiger partial charge in [-0.1, -0.05) is 19.9 Å². The summed E-state index contributed by atoms with van der Waals surface area (Å²) >= 11 is 6.44. The smallest absolute Gasteiger partial charge is 0.142 e. The SMILES string of the molecule is CC(C)(c1ccc(O)c(I)c1)c1cc(I)c(O)c(I)c1. The molecule has 0 aromatic heterocycles. The lowest BCUT2D eigenvalue weighted by atomic mass is 9.78. The summed E-state index contributed by atoms with van der Waals surface area (Å²) in [6.07, 6.45) is 0. The summed E-state index contributed by atoms with van der Waals surface area (Å²) in [5.74, 6) is 0.644. The number of rotatable bonds is 2. The van der Waals surface area contributed by atoms with Crippen LogP contribution in [0.4, 0.5) is 0 Å². The van der Waals surface area contributed by atoms with Crippen LogP contribution < -0.4 is 0 Å². The van der Waals surface area contributed by atoms with Gasteiger partial charge in [0, 0.05) is 5.41 Å². The van der Waals surface area contributed by atoms with Crippen molar-refractivity contribution >= 4 is 67.8 Å². The van der Waals surface area contributed by atoms with Crippen LogP contribution in [0.15, 0.2) is 30.3 Å². The molecule has 2 rings (SSSR count). The van der Waals surface area contributed by atoms with Crippen LogP contribution >= 0.6 is 67.8 Å². The van der Waals surface area contributed by atoms with E-state index in [9.17, 15) is 10.2 Å². The third kappa shape index (κ3) is 3.18. The van der Waals surface area contributed by atoms with E-state index in [1.807, 2.05) is 24.3 Å². The molecule has 0 aliphatic heterocycles. The van der Waals surface area contributed by atoms with Crippen LogP contribution in [-0.2, 0) is 5.41 Å². The Hall–Kier alpha value is 0.230.